The third kappa shape index (κ3) is 4.44. The molecule has 1 aliphatic rings. The number of aromatic nitrogens is 1. The van der Waals surface area contributed by atoms with Crippen LogP contribution in [0.15, 0.2) is 67.0 Å². The Morgan fingerprint density at radius 1 is 1.04 bits per heavy atom. The lowest BCUT2D eigenvalue weighted by Crippen LogP contribution is -2.35. The van der Waals surface area contributed by atoms with E-state index in [1.807, 2.05) is 71.6 Å². The molecule has 1 saturated heterocycles. The molecule has 6 heteroatoms. The topological polar surface area (TPSA) is 46.5 Å². The normalized spacial score (nSPS) is 14.8. The number of nitrogens with one attached hydrogen (secondary N) is 1. The molecule has 0 aliphatic carbocycles. The van der Waals surface area contributed by atoms with Crippen LogP contribution in [0.4, 0.5) is 5.69 Å². The molecule has 0 unspecified atom stereocenters. The van der Waals surface area contributed by atoms with Crippen molar-refractivity contribution in [2.45, 2.75) is 6.54 Å². The van der Waals surface area contributed by atoms with Gasteiger partial charge in [0.15, 0.2) is 0 Å². The van der Waals surface area contributed by atoms with Gasteiger partial charge in [-0.15, -0.1) is 0 Å². The summed E-state index contributed by atoms with van der Waals surface area (Å²) in [4.78, 5) is 14.9. The molecule has 4 rings (SSSR count). The highest BCUT2D eigenvalue weighted by Gasteiger charge is 2.13. The Labute approximate surface area is 169 Å². The Bertz CT molecular complexity index is 933. The summed E-state index contributed by atoms with van der Waals surface area (Å²) in [7, 11) is 0. The van der Waals surface area contributed by atoms with E-state index in [9.17, 15) is 4.79 Å². The van der Waals surface area contributed by atoms with Gasteiger partial charge in [-0.25, -0.2) is 0 Å². The molecule has 1 fully saturated rings. The quantitative estimate of drug-likeness (QED) is 0.703. The number of hydrogen-bond donors (Lipinski definition) is 1. The number of rotatable bonds is 5. The van der Waals surface area contributed by atoms with Crippen molar-refractivity contribution in [3.05, 3.63) is 83.1 Å². The molecule has 1 amide bonds. The van der Waals surface area contributed by atoms with Gasteiger partial charge >= 0.3 is 0 Å². The standard InChI is InChI=1S/C22H22ClN3O2/c23-21-15-19(6-3-18(21)16-25-11-13-28-14-12-25)24-22(27)17-4-7-20(8-5-17)26-9-1-2-10-26/h1-10,15H,11-14,16H2,(H,24,27). The summed E-state index contributed by atoms with van der Waals surface area (Å²) >= 11 is 6.44. The van der Waals surface area contributed by atoms with Gasteiger partial charge in [0.05, 0.1) is 13.2 Å². The molecule has 3 aromatic rings. The van der Waals surface area contributed by atoms with Gasteiger partial charge in [-0.1, -0.05) is 17.7 Å². The molecular formula is C22H22ClN3O2. The lowest BCUT2D eigenvalue weighted by atomic mass is 10.1. The van der Waals surface area contributed by atoms with Crippen LogP contribution in [0, 0.1) is 0 Å². The van der Waals surface area contributed by atoms with Gasteiger partial charge in [-0.05, 0) is 54.1 Å². The molecule has 0 bridgehead atoms. The minimum Gasteiger partial charge on any atom is -0.379 e. The summed E-state index contributed by atoms with van der Waals surface area (Å²) in [6.07, 6.45) is 3.94. The van der Waals surface area contributed by atoms with Crippen molar-refractivity contribution < 1.29 is 9.53 Å². The predicted octanol–water partition coefficient (Wildman–Crippen LogP) is 4.22. The second-order valence-electron chi connectivity index (χ2n) is 6.79. The summed E-state index contributed by atoms with van der Waals surface area (Å²) in [5.41, 5.74) is 3.36. The summed E-state index contributed by atoms with van der Waals surface area (Å²) in [6, 6.07) is 17.1. The van der Waals surface area contributed by atoms with Crippen LogP contribution >= 0.6 is 11.6 Å². The number of carbonyl (C=O) groups excluding carboxylic acids is 1. The van der Waals surface area contributed by atoms with Crippen molar-refractivity contribution in [2.24, 2.45) is 0 Å². The molecule has 0 saturated carbocycles. The third-order valence-corrected chi connectivity index (χ3v) is 5.19. The van der Waals surface area contributed by atoms with Crippen LogP contribution in [0.25, 0.3) is 5.69 Å². The zero-order chi connectivity index (χ0) is 19.3. The van der Waals surface area contributed by atoms with Crippen molar-refractivity contribution in [1.29, 1.82) is 0 Å². The summed E-state index contributed by atoms with van der Waals surface area (Å²) in [5, 5.41) is 3.58. The Hall–Kier alpha value is -2.60. The highest BCUT2D eigenvalue weighted by atomic mass is 35.5. The minimum atomic E-state index is -0.156. The maximum Gasteiger partial charge on any atom is 0.255 e. The largest absolute Gasteiger partial charge is 0.379 e. The first-order valence-electron chi connectivity index (χ1n) is 9.32. The zero-order valence-corrected chi connectivity index (χ0v) is 16.2. The van der Waals surface area contributed by atoms with E-state index in [1.54, 1.807) is 0 Å². The first-order valence-corrected chi connectivity index (χ1v) is 9.70. The van der Waals surface area contributed by atoms with Gasteiger partial charge in [-0.3, -0.25) is 9.69 Å². The first kappa shape index (κ1) is 18.7. The molecule has 2 aromatic carbocycles. The number of hydrogen-bond acceptors (Lipinski definition) is 3. The third-order valence-electron chi connectivity index (χ3n) is 4.84. The Morgan fingerprint density at radius 3 is 2.43 bits per heavy atom. The van der Waals surface area contributed by atoms with Gasteiger partial charge in [0, 0.05) is 54.0 Å². The Balaban J connectivity index is 1.40. The summed E-state index contributed by atoms with van der Waals surface area (Å²) < 4.78 is 7.37. The number of morpholine rings is 1. The fourth-order valence-corrected chi connectivity index (χ4v) is 3.49. The van der Waals surface area contributed by atoms with Crippen LogP contribution in [-0.2, 0) is 11.3 Å². The molecule has 1 aliphatic heterocycles. The van der Waals surface area contributed by atoms with Gasteiger partial charge in [0.25, 0.3) is 5.91 Å². The van der Waals surface area contributed by atoms with E-state index in [4.69, 9.17) is 16.3 Å². The van der Waals surface area contributed by atoms with Crippen molar-refractivity contribution >= 4 is 23.2 Å². The molecule has 0 radical (unpaired) electrons. The van der Waals surface area contributed by atoms with Gasteiger partial charge in [0.2, 0.25) is 0 Å². The highest BCUT2D eigenvalue weighted by molar-refractivity contribution is 6.31. The first-order chi connectivity index (χ1) is 13.7. The van der Waals surface area contributed by atoms with Crippen molar-refractivity contribution in [2.75, 3.05) is 31.6 Å². The van der Waals surface area contributed by atoms with E-state index in [0.29, 0.717) is 16.3 Å². The average molecular weight is 396 g/mol. The van der Waals surface area contributed by atoms with E-state index in [2.05, 4.69) is 10.2 Å². The highest BCUT2D eigenvalue weighted by Crippen LogP contribution is 2.23. The van der Waals surface area contributed by atoms with E-state index in [-0.39, 0.29) is 5.91 Å². The number of anilines is 1. The Kier molecular flexibility index (Phi) is 5.76. The van der Waals surface area contributed by atoms with Crippen molar-refractivity contribution in [3.63, 3.8) is 0 Å². The molecule has 5 nitrogen and oxygen atoms in total. The number of nitrogens with zero attached hydrogens (tertiary/aromatic N) is 2. The monoisotopic (exact) mass is 395 g/mol. The fraction of sp³-hybridized carbons (Fsp3) is 0.227. The lowest BCUT2D eigenvalue weighted by Gasteiger charge is -2.27. The van der Waals surface area contributed by atoms with Gasteiger partial charge < -0.3 is 14.6 Å². The molecule has 0 spiro atoms. The summed E-state index contributed by atoms with van der Waals surface area (Å²) in [5.74, 6) is -0.156. The smallest absolute Gasteiger partial charge is 0.255 e. The number of amides is 1. The van der Waals surface area contributed by atoms with Crippen LogP contribution < -0.4 is 5.32 Å². The van der Waals surface area contributed by atoms with Crippen LogP contribution in [-0.4, -0.2) is 41.7 Å². The molecule has 2 heterocycles. The van der Waals surface area contributed by atoms with Gasteiger partial charge in [0.1, 0.15) is 0 Å². The van der Waals surface area contributed by atoms with E-state index < -0.39 is 0 Å². The molecule has 28 heavy (non-hydrogen) atoms. The van der Waals surface area contributed by atoms with Gasteiger partial charge in [-0.2, -0.15) is 0 Å². The maximum absolute atomic E-state index is 12.5. The zero-order valence-electron chi connectivity index (χ0n) is 15.5. The SMILES string of the molecule is O=C(Nc1ccc(CN2CCOCC2)c(Cl)c1)c1ccc(-n2cccc2)cc1. The molecule has 1 aromatic heterocycles. The molecule has 144 valence electrons. The lowest BCUT2D eigenvalue weighted by molar-refractivity contribution is 0.0342. The van der Waals surface area contributed by atoms with E-state index in [0.717, 1.165) is 44.1 Å². The average Bonchev–Trinajstić information content (AvgIpc) is 3.26. The van der Waals surface area contributed by atoms with Crippen molar-refractivity contribution in [1.82, 2.24) is 9.47 Å². The summed E-state index contributed by atoms with van der Waals surface area (Å²) in [6.45, 7) is 4.13. The number of ether oxygens (including phenoxy) is 1. The molecular weight excluding hydrogens is 374 g/mol. The second-order valence-corrected chi connectivity index (χ2v) is 7.19. The van der Waals surface area contributed by atoms with E-state index >= 15 is 0 Å². The van der Waals surface area contributed by atoms with Crippen LogP contribution in [0.3, 0.4) is 0 Å². The van der Waals surface area contributed by atoms with Crippen LogP contribution in [0.5, 0.6) is 0 Å². The van der Waals surface area contributed by atoms with Crippen LogP contribution in [0.1, 0.15) is 15.9 Å². The second kappa shape index (κ2) is 8.61. The minimum absolute atomic E-state index is 0.156. The van der Waals surface area contributed by atoms with Crippen LogP contribution in [0.2, 0.25) is 5.02 Å². The number of benzene rings is 2. The van der Waals surface area contributed by atoms with Crippen molar-refractivity contribution in [3.8, 4) is 5.69 Å². The van der Waals surface area contributed by atoms with E-state index in [1.165, 1.54) is 0 Å². The fourth-order valence-electron chi connectivity index (χ4n) is 3.25. The maximum atomic E-state index is 12.5. The predicted molar refractivity (Wildman–Crippen MR) is 111 cm³/mol. The molecule has 0 atom stereocenters. The molecule has 1 N–H and O–H groups in total. The number of halogens is 1. The number of carbonyl (C=O) groups is 1. The Morgan fingerprint density at radius 2 is 1.75 bits per heavy atom.